The van der Waals surface area contributed by atoms with Crippen LogP contribution in [0.5, 0.6) is 0 Å². The van der Waals surface area contributed by atoms with E-state index in [-0.39, 0.29) is 6.03 Å². The van der Waals surface area contributed by atoms with Gasteiger partial charge in [-0.2, -0.15) is 0 Å². The highest BCUT2D eigenvalue weighted by atomic mass is 32.1. The second-order valence-corrected chi connectivity index (χ2v) is 4.49. The monoisotopic (exact) mass is 262 g/mol. The Bertz CT molecular complexity index is 512. The van der Waals surface area contributed by atoms with E-state index >= 15 is 0 Å². The molecule has 0 aromatic carbocycles. The van der Waals surface area contributed by atoms with Crippen LogP contribution in [0.3, 0.4) is 0 Å². The molecule has 0 saturated carbocycles. The van der Waals surface area contributed by atoms with E-state index in [1.807, 2.05) is 30.5 Å². The van der Waals surface area contributed by atoms with Crippen LogP contribution in [-0.4, -0.2) is 22.5 Å². The smallest absolute Gasteiger partial charge is 0.321 e. The van der Waals surface area contributed by atoms with Crippen LogP contribution in [0, 0.1) is 0 Å². The van der Waals surface area contributed by atoms with Crippen molar-refractivity contribution in [2.75, 3.05) is 11.9 Å². The highest BCUT2D eigenvalue weighted by molar-refractivity contribution is 7.14. The Hall–Kier alpha value is -1.95. The van der Waals surface area contributed by atoms with Gasteiger partial charge in [0, 0.05) is 18.1 Å². The number of nitrogens with zero attached hydrogens (tertiary/aromatic N) is 2. The second kappa shape index (κ2) is 6.11. The summed E-state index contributed by atoms with van der Waals surface area (Å²) < 4.78 is 0. The lowest BCUT2D eigenvalue weighted by molar-refractivity contribution is 0.252. The van der Waals surface area contributed by atoms with Crippen LogP contribution < -0.4 is 10.6 Å². The molecule has 6 heteroatoms. The van der Waals surface area contributed by atoms with E-state index < -0.39 is 0 Å². The molecular weight excluding hydrogens is 248 g/mol. The lowest BCUT2D eigenvalue weighted by Gasteiger charge is -2.02. The Labute approximate surface area is 109 Å². The zero-order valence-corrected chi connectivity index (χ0v) is 10.8. The molecule has 94 valence electrons. The highest BCUT2D eigenvalue weighted by Crippen LogP contribution is 2.22. The number of rotatable bonds is 4. The molecule has 2 aromatic heterocycles. The zero-order valence-electron chi connectivity index (χ0n) is 10.0. The lowest BCUT2D eigenvalue weighted by atomic mass is 10.3. The summed E-state index contributed by atoms with van der Waals surface area (Å²) in [6.07, 6.45) is 2.63. The largest absolute Gasteiger partial charge is 0.338 e. The topological polar surface area (TPSA) is 66.9 Å². The molecule has 2 amide bonds. The Balaban J connectivity index is 2.00. The minimum absolute atomic E-state index is 0.223. The number of aromatic nitrogens is 2. The number of hydrogen-bond donors (Lipinski definition) is 2. The van der Waals surface area contributed by atoms with Gasteiger partial charge in [0.25, 0.3) is 0 Å². The van der Waals surface area contributed by atoms with Crippen molar-refractivity contribution < 1.29 is 4.79 Å². The summed E-state index contributed by atoms with van der Waals surface area (Å²) in [6.45, 7) is 2.66. The summed E-state index contributed by atoms with van der Waals surface area (Å²) in [5.74, 6) is 0. The molecule has 0 spiro atoms. The van der Waals surface area contributed by atoms with E-state index in [1.165, 1.54) is 11.3 Å². The second-order valence-electron chi connectivity index (χ2n) is 3.63. The SMILES string of the molecule is CCCNC(=O)Nc1nc(-c2ccccn2)cs1. The lowest BCUT2D eigenvalue weighted by Crippen LogP contribution is -2.29. The fourth-order valence-electron chi connectivity index (χ4n) is 1.34. The molecule has 2 aromatic rings. The van der Waals surface area contributed by atoms with Gasteiger partial charge in [-0.3, -0.25) is 10.3 Å². The summed E-state index contributed by atoms with van der Waals surface area (Å²) in [5, 5.41) is 7.87. The number of pyridine rings is 1. The van der Waals surface area contributed by atoms with E-state index in [0.717, 1.165) is 17.8 Å². The number of nitrogens with one attached hydrogen (secondary N) is 2. The highest BCUT2D eigenvalue weighted by Gasteiger charge is 2.07. The van der Waals surface area contributed by atoms with Gasteiger partial charge < -0.3 is 5.32 Å². The van der Waals surface area contributed by atoms with E-state index in [1.54, 1.807) is 6.20 Å². The van der Waals surface area contributed by atoms with E-state index in [9.17, 15) is 4.79 Å². The Morgan fingerprint density at radius 3 is 3.00 bits per heavy atom. The number of amides is 2. The normalized spacial score (nSPS) is 10.1. The minimum atomic E-state index is -0.223. The van der Waals surface area contributed by atoms with Crippen molar-refractivity contribution in [1.82, 2.24) is 15.3 Å². The summed E-state index contributed by atoms with van der Waals surface area (Å²) in [4.78, 5) is 20.0. The molecule has 0 unspecified atom stereocenters. The third-order valence-corrected chi connectivity index (χ3v) is 2.95. The Kier molecular flexibility index (Phi) is 4.25. The Morgan fingerprint density at radius 2 is 2.28 bits per heavy atom. The maximum absolute atomic E-state index is 11.4. The van der Waals surface area contributed by atoms with Crippen LogP contribution in [0.15, 0.2) is 29.8 Å². The quantitative estimate of drug-likeness (QED) is 0.890. The van der Waals surface area contributed by atoms with Crippen molar-refractivity contribution in [2.24, 2.45) is 0 Å². The van der Waals surface area contributed by atoms with Crippen molar-refractivity contribution in [2.45, 2.75) is 13.3 Å². The number of thiazole rings is 1. The molecule has 0 saturated heterocycles. The predicted octanol–water partition coefficient (Wildman–Crippen LogP) is 2.74. The number of carbonyl (C=O) groups is 1. The van der Waals surface area contributed by atoms with Crippen molar-refractivity contribution in [3.05, 3.63) is 29.8 Å². The van der Waals surface area contributed by atoms with Crippen LogP contribution in [0.1, 0.15) is 13.3 Å². The molecule has 0 atom stereocenters. The number of anilines is 1. The van der Waals surface area contributed by atoms with Gasteiger partial charge >= 0.3 is 6.03 Å². The average molecular weight is 262 g/mol. The molecule has 5 nitrogen and oxygen atoms in total. The fourth-order valence-corrected chi connectivity index (χ4v) is 2.04. The molecule has 0 radical (unpaired) electrons. The zero-order chi connectivity index (χ0) is 12.8. The van der Waals surface area contributed by atoms with Crippen LogP contribution in [-0.2, 0) is 0 Å². The fraction of sp³-hybridized carbons (Fsp3) is 0.250. The first-order valence-corrected chi connectivity index (χ1v) is 6.59. The van der Waals surface area contributed by atoms with Gasteiger partial charge in [0.1, 0.15) is 5.69 Å². The van der Waals surface area contributed by atoms with Crippen LogP contribution in [0.25, 0.3) is 11.4 Å². The van der Waals surface area contributed by atoms with Crippen molar-refractivity contribution in [3.8, 4) is 11.4 Å². The van der Waals surface area contributed by atoms with E-state index in [2.05, 4.69) is 20.6 Å². The summed E-state index contributed by atoms with van der Waals surface area (Å²) in [5.41, 5.74) is 1.57. The van der Waals surface area contributed by atoms with Gasteiger partial charge in [-0.1, -0.05) is 13.0 Å². The standard InChI is InChI=1S/C12H14N4OS/c1-2-6-14-11(17)16-12-15-10(8-18-12)9-5-3-4-7-13-9/h3-5,7-8H,2,6H2,1H3,(H2,14,15,16,17). The van der Waals surface area contributed by atoms with Gasteiger partial charge in [-0.15, -0.1) is 11.3 Å². The van der Waals surface area contributed by atoms with Gasteiger partial charge in [0.2, 0.25) is 0 Å². The molecular formula is C12H14N4OS. The third kappa shape index (κ3) is 3.27. The van der Waals surface area contributed by atoms with Gasteiger partial charge in [-0.25, -0.2) is 9.78 Å². The van der Waals surface area contributed by atoms with Crippen LogP contribution in [0.4, 0.5) is 9.93 Å². The molecule has 2 heterocycles. The minimum Gasteiger partial charge on any atom is -0.338 e. The van der Waals surface area contributed by atoms with Crippen molar-refractivity contribution in [3.63, 3.8) is 0 Å². The summed E-state index contributed by atoms with van der Waals surface area (Å²) >= 11 is 1.38. The van der Waals surface area contributed by atoms with Crippen molar-refractivity contribution in [1.29, 1.82) is 0 Å². The van der Waals surface area contributed by atoms with Crippen molar-refractivity contribution >= 4 is 22.5 Å². The first-order chi connectivity index (χ1) is 8.79. The first kappa shape index (κ1) is 12.5. The van der Waals surface area contributed by atoms with E-state index in [0.29, 0.717) is 11.7 Å². The van der Waals surface area contributed by atoms with Gasteiger partial charge in [0.15, 0.2) is 5.13 Å². The number of hydrogen-bond acceptors (Lipinski definition) is 4. The van der Waals surface area contributed by atoms with Gasteiger partial charge in [-0.05, 0) is 18.6 Å². The number of urea groups is 1. The van der Waals surface area contributed by atoms with Gasteiger partial charge in [0.05, 0.1) is 5.69 Å². The molecule has 0 aliphatic rings. The maximum Gasteiger partial charge on any atom is 0.321 e. The first-order valence-electron chi connectivity index (χ1n) is 5.71. The Morgan fingerprint density at radius 1 is 1.39 bits per heavy atom. The molecule has 2 rings (SSSR count). The number of carbonyl (C=O) groups excluding carboxylic acids is 1. The maximum atomic E-state index is 11.4. The molecule has 0 bridgehead atoms. The summed E-state index contributed by atoms with van der Waals surface area (Å²) in [6, 6.07) is 5.42. The molecule has 0 aliphatic carbocycles. The molecule has 0 aliphatic heterocycles. The van der Waals surface area contributed by atoms with E-state index in [4.69, 9.17) is 0 Å². The molecule has 2 N–H and O–H groups in total. The van der Waals surface area contributed by atoms with Crippen LogP contribution >= 0.6 is 11.3 Å². The summed E-state index contributed by atoms with van der Waals surface area (Å²) in [7, 11) is 0. The molecule has 18 heavy (non-hydrogen) atoms. The predicted molar refractivity (Wildman–Crippen MR) is 72.7 cm³/mol. The average Bonchev–Trinajstić information content (AvgIpc) is 2.86. The third-order valence-electron chi connectivity index (χ3n) is 2.19. The van der Waals surface area contributed by atoms with Crippen LogP contribution in [0.2, 0.25) is 0 Å². The molecule has 0 fully saturated rings.